The Morgan fingerprint density at radius 1 is 1.16 bits per heavy atom. The number of halogens is 1. The van der Waals surface area contributed by atoms with E-state index < -0.39 is 6.04 Å². The van der Waals surface area contributed by atoms with Crippen LogP contribution >= 0.6 is 23.4 Å². The Labute approximate surface area is 186 Å². The van der Waals surface area contributed by atoms with E-state index >= 15 is 0 Å². The first-order chi connectivity index (χ1) is 14.9. The summed E-state index contributed by atoms with van der Waals surface area (Å²) in [5.74, 6) is 0.752. The van der Waals surface area contributed by atoms with E-state index in [0.29, 0.717) is 22.4 Å². The van der Waals surface area contributed by atoms with Gasteiger partial charge >= 0.3 is 0 Å². The van der Waals surface area contributed by atoms with Crippen molar-refractivity contribution in [3.05, 3.63) is 63.9 Å². The number of nitrogen functional groups attached to an aromatic ring is 2. The SMILES string of the molecule is CSc1cccc2nc([C@H](C)Nc3nc(N)nc(N)c3Cl)n(-c3cccnc3)c(=O)c12. The number of fused-ring (bicyclic) bond motifs is 1. The lowest BCUT2D eigenvalue weighted by Crippen LogP contribution is -2.28. The maximum absolute atomic E-state index is 13.6. The summed E-state index contributed by atoms with van der Waals surface area (Å²) >= 11 is 7.74. The third kappa shape index (κ3) is 3.87. The van der Waals surface area contributed by atoms with Gasteiger partial charge in [-0.25, -0.2) is 4.98 Å². The van der Waals surface area contributed by atoms with Gasteiger partial charge in [0.1, 0.15) is 16.7 Å². The summed E-state index contributed by atoms with van der Waals surface area (Å²) in [6.45, 7) is 1.84. The Morgan fingerprint density at radius 2 is 1.97 bits per heavy atom. The number of anilines is 3. The normalized spacial score (nSPS) is 12.1. The second kappa shape index (κ2) is 8.40. The van der Waals surface area contributed by atoms with Gasteiger partial charge in [0.15, 0.2) is 5.82 Å². The highest BCUT2D eigenvalue weighted by Crippen LogP contribution is 2.30. The minimum absolute atomic E-state index is 0.0164. The molecule has 1 atom stereocenters. The molecule has 1 aromatic carbocycles. The zero-order valence-electron chi connectivity index (χ0n) is 16.7. The molecule has 0 aliphatic carbocycles. The topological polar surface area (TPSA) is 138 Å². The molecule has 4 aromatic rings. The summed E-state index contributed by atoms with van der Waals surface area (Å²) in [5, 5.41) is 3.83. The van der Waals surface area contributed by atoms with E-state index in [1.165, 1.54) is 16.3 Å². The highest BCUT2D eigenvalue weighted by atomic mass is 35.5. The Bertz CT molecular complexity index is 1330. The predicted molar refractivity (Wildman–Crippen MR) is 125 cm³/mol. The number of nitrogens with two attached hydrogens (primary N) is 2. The van der Waals surface area contributed by atoms with Crippen LogP contribution in [0.5, 0.6) is 0 Å². The third-order valence-corrected chi connectivity index (χ3v) is 5.80. The fourth-order valence-corrected chi connectivity index (χ4v) is 4.01. The van der Waals surface area contributed by atoms with Crippen molar-refractivity contribution in [3.63, 3.8) is 0 Å². The minimum atomic E-state index is -0.485. The summed E-state index contributed by atoms with van der Waals surface area (Å²) in [6.07, 6.45) is 5.18. The number of thioether (sulfide) groups is 1. The van der Waals surface area contributed by atoms with Gasteiger partial charge in [0.05, 0.1) is 28.8 Å². The van der Waals surface area contributed by atoms with Crippen molar-refractivity contribution >= 4 is 51.8 Å². The van der Waals surface area contributed by atoms with Crippen LogP contribution in [0.2, 0.25) is 5.02 Å². The molecule has 9 nitrogen and oxygen atoms in total. The molecule has 0 aliphatic heterocycles. The molecule has 0 fully saturated rings. The number of benzene rings is 1. The van der Waals surface area contributed by atoms with Crippen LogP contribution in [-0.4, -0.2) is 30.8 Å². The molecule has 0 bridgehead atoms. The Kier molecular flexibility index (Phi) is 5.66. The standard InChI is InChI=1S/C20H19ClN8OS/c1-10(25-17-15(21)16(22)27-20(23)28-17)18-26-12-6-3-7-13(31-2)14(12)19(30)29(18)11-5-4-8-24-9-11/h3-10H,1-2H3,(H5,22,23,25,27,28)/t10-/m0/s1. The number of nitrogens with zero attached hydrogens (tertiary/aromatic N) is 5. The van der Waals surface area contributed by atoms with E-state index in [1.807, 2.05) is 31.4 Å². The molecule has 0 spiro atoms. The van der Waals surface area contributed by atoms with Crippen molar-refractivity contribution in [1.29, 1.82) is 0 Å². The first kappa shape index (κ1) is 20.9. The molecule has 0 unspecified atom stereocenters. The number of nitrogens with one attached hydrogen (secondary N) is 1. The lowest BCUT2D eigenvalue weighted by atomic mass is 10.2. The fraction of sp³-hybridized carbons (Fsp3) is 0.150. The molecule has 0 saturated heterocycles. The molecule has 0 aliphatic rings. The number of hydrogen-bond acceptors (Lipinski definition) is 9. The number of rotatable bonds is 5. The molecule has 5 N–H and O–H groups in total. The molecular formula is C20H19ClN8OS. The quantitative estimate of drug-likeness (QED) is 0.387. The van der Waals surface area contributed by atoms with Crippen molar-refractivity contribution < 1.29 is 0 Å². The van der Waals surface area contributed by atoms with Gasteiger partial charge in [0, 0.05) is 11.1 Å². The molecule has 3 aromatic heterocycles. The summed E-state index contributed by atoms with van der Waals surface area (Å²) in [4.78, 5) is 31.4. The summed E-state index contributed by atoms with van der Waals surface area (Å²) in [6, 6.07) is 8.66. The lowest BCUT2D eigenvalue weighted by molar-refractivity contribution is 0.729. The van der Waals surface area contributed by atoms with Gasteiger partial charge in [-0.05, 0) is 37.4 Å². The maximum Gasteiger partial charge on any atom is 0.267 e. The van der Waals surface area contributed by atoms with Gasteiger partial charge in [-0.15, -0.1) is 11.8 Å². The molecule has 3 heterocycles. The summed E-state index contributed by atoms with van der Waals surface area (Å²) < 4.78 is 1.54. The Hall–Kier alpha value is -3.37. The van der Waals surface area contributed by atoms with E-state index in [1.54, 1.807) is 24.5 Å². The smallest absolute Gasteiger partial charge is 0.267 e. The van der Waals surface area contributed by atoms with Crippen molar-refractivity contribution in [2.75, 3.05) is 23.0 Å². The summed E-state index contributed by atoms with van der Waals surface area (Å²) in [5.41, 5.74) is 12.5. The van der Waals surface area contributed by atoms with Crippen LogP contribution in [0.3, 0.4) is 0 Å². The second-order valence-electron chi connectivity index (χ2n) is 6.67. The van der Waals surface area contributed by atoms with Crippen LogP contribution in [0.15, 0.2) is 52.4 Å². The van der Waals surface area contributed by atoms with Crippen molar-refractivity contribution in [3.8, 4) is 5.69 Å². The first-order valence-electron chi connectivity index (χ1n) is 9.25. The maximum atomic E-state index is 13.6. The fourth-order valence-electron chi connectivity index (χ4n) is 3.26. The van der Waals surface area contributed by atoms with Crippen molar-refractivity contribution in [2.45, 2.75) is 17.9 Å². The molecule has 4 rings (SSSR count). The van der Waals surface area contributed by atoms with Gasteiger partial charge in [-0.3, -0.25) is 14.3 Å². The molecular weight excluding hydrogens is 436 g/mol. The van der Waals surface area contributed by atoms with Gasteiger partial charge in [-0.1, -0.05) is 17.7 Å². The van der Waals surface area contributed by atoms with Crippen molar-refractivity contribution in [1.82, 2.24) is 24.5 Å². The zero-order chi connectivity index (χ0) is 22.1. The zero-order valence-corrected chi connectivity index (χ0v) is 18.3. The highest BCUT2D eigenvalue weighted by molar-refractivity contribution is 7.98. The average molecular weight is 455 g/mol. The third-order valence-electron chi connectivity index (χ3n) is 4.64. The molecule has 11 heteroatoms. The van der Waals surface area contributed by atoms with E-state index in [9.17, 15) is 4.79 Å². The number of pyridine rings is 1. The van der Waals surface area contributed by atoms with Crippen molar-refractivity contribution in [2.24, 2.45) is 0 Å². The van der Waals surface area contributed by atoms with Crippen LogP contribution in [0.25, 0.3) is 16.6 Å². The monoisotopic (exact) mass is 454 g/mol. The van der Waals surface area contributed by atoms with Crippen LogP contribution in [-0.2, 0) is 0 Å². The summed E-state index contributed by atoms with van der Waals surface area (Å²) in [7, 11) is 0. The van der Waals surface area contributed by atoms with Crippen LogP contribution in [0.1, 0.15) is 18.8 Å². The van der Waals surface area contributed by atoms with Crippen LogP contribution in [0, 0.1) is 0 Å². The Balaban J connectivity index is 1.94. The van der Waals surface area contributed by atoms with Crippen LogP contribution < -0.4 is 22.3 Å². The van der Waals surface area contributed by atoms with E-state index in [0.717, 1.165) is 4.90 Å². The first-order valence-corrected chi connectivity index (χ1v) is 10.9. The number of hydrogen-bond donors (Lipinski definition) is 3. The molecule has 0 saturated carbocycles. The predicted octanol–water partition coefficient (Wildman–Crippen LogP) is 3.28. The van der Waals surface area contributed by atoms with Gasteiger partial charge in [0.2, 0.25) is 5.95 Å². The minimum Gasteiger partial charge on any atom is -0.382 e. The molecule has 0 amide bonds. The van der Waals surface area contributed by atoms with Gasteiger partial charge < -0.3 is 16.8 Å². The van der Waals surface area contributed by atoms with Crippen LogP contribution in [0.4, 0.5) is 17.6 Å². The van der Waals surface area contributed by atoms with Gasteiger partial charge in [-0.2, -0.15) is 9.97 Å². The second-order valence-corrected chi connectivity index (χ2v) is 7.90. The largest absolute Gasteiger partial charge is 0.382 e. The van der Waals surface area contributed by atoms with E-state index in [-0.39, 0.29) is 28.2 Å². The lowest BCUT2D eigenvalue weighted by Gasteiger charge is -2.21. The Morgan fingerprint density at radius 3 is 2.68 bits per heavy atom. The van der Waals surface area contributed by atoms with Gasteiger partial charge in [0.25, 0.3) is 5.56 Å². The van der Waals surface area contributed by atoms with E-state index in [4.69, 9.17) is 28.1 Å². The molecule has 158 valence electrons. The highest BCUT2D eigenvalue weighted by Gasteiger charge is 2.21. The van der Waals surface area contributed by atoms with E-state index in [2.05, 4.69) is 20.3 Å². The molecule has 31 heavy (non-hydrogen) atoms. The number of aromatic nitrogens is 5. The molecule has 0 radical (unpaired) electrons. The average Bonchev–Trinajstić information content (AvgIpc) is 2.77.